The molecule has 4 aromatic rings. The van der Waals surface area contributed by atoms with Crippen LogP contribution in [0.25, 0.3) is 11.3 Å². The van der Waals surface area contributed by atoms with Gasteiger partial charge in [0, 0.05) is 23.0 Å². The molecule has 0 unspecified atom stereocenters. The van der Waals surface area contributed by atoms with E-state index >= 15 is 0 Å². The Morgan fingerprint density at radius 1 is 1.03 bits per heavy atom. The van der Waals surface area contributed by atoms with Gasteiger partial charge in [0.25, 0.3) is 10.0 Å². The molecule has 1 aromatic heterocycles. The lowest BCUT2D eigenvalue weighted by molar-refractivity contribution is 0.408. The van der Waals surface area contributed by atoms with Gasteiger partial charge in [-0.1, -0.05) is 56.3 Å². The van der Waals surface area contributed by atoms with E-state index in [1.807, 2.05) is 53.2 Å². The summed E-state index contributed by atoms with van der Waals surface area (Å²) in [6.07, 6.45) is 1.85. The molecule has 34 heavy (non-hydrogen) atoms. The first-order valence-corrected chi connectivity index (χ1v) is 12.4. The first-order chi connectivity index (χ1) is 16.3. The van der Waals surface area contributed by atoms with Crippen LogP contribution in [0.4, 0.5) is 11.6 Å². The van der Waals surface area contributed by atoms with Gasteiger partial charge >= 0.3 is 0 Å². The van der Waals surface area contributed by atoms with Crippen LogP contribution in [0.3, 0.4) is 0 Å². The molecule has 7 nitrogen and oxygen atoms in total. The van der Waals surface area contributed by atoms with Crippen LogP contribution in [0.1, 0.15) is 30.9 Å². The van der Waals surface area contributed by atoms with Gasteiger partial charge in [-0.05, 0) is 41.8 Å². The number of sulfonamides is 1. The van der Waals surface area contributed by atoms with E-state index in [-0.39, 0.29) is 4.90 Å². The monoisotopic (exact) mass is 476 g/mol. The molecule has 0 aliphatic heterocycles. The molecule has 0 fully saturated rings. The van der Waals surface area contributed by atoms with Gasteiger partial charge in [0.05, 0.1) is 24.2 Å². The van der Waals surface area contributed by atoms with Crippen LogP contribution in [0.2, 0.25) is 0 Å². The zero-order valence-electron chi connectivity index (χ0n) is 19.4. The van der Waals surface area contributed by atoms with Crippen LogP contribution in [0.15, 0.2) is 83.9 Å². The smallest absolute Gasteiger partial charge is 0.261 e. The Kier molecular flexibility index (Phi) is 6.61. The maximum atomic E-state index is 12.9. The number of nitrogens with two attached hydrogens (primary N) is 1. The summed E-state index contributed by atoms with van der Waals surface area (Å²) in [5.74, 6) is 1.46. The topological polar surface area (TPSA) is 99.2 Å². The lowest BCUT2D eigenvalue weighted by Gasteiger charge is -2.11. The quantitative estimate of drug-likeness (QED) is 0.368. The van der Waals surface area contributed by atoms with Gasteiger partial charge in [0.2, 0.25) is 5.95 Å². The third-order valence-electron chi connectivity index (χ3n) is 5.61. The second-order valence-corrected chi connectivity index (χ2v) is 10.0. The molecule has 0 atom stereocenters. The lowest BCUT2D eigenvalue weighted by Crippen LogP contribution is -2.13. The summed E-state index contributed by atoms with van der Waals surface area (Å²) in [4.78, 5) is 4.69. The molecule has 0 saturated carbocycles. The summed E-state index contributed by atoms with van der Waals surface area (Å²) < 4.78 is 35.7. The Hall–Kier alpha value is -3.78. The molecule has 0 aliphatic rings. The minimum Gasteiger partial charge on any atom is -0.496 e. The van der Waals surface area contributed by atoms with Crippen molar-refractivity contribution in [2.24, 2.45) is 0 Å². The Morgan fingerprint density at radius 2 is 1.76 bits per heavy atom. The van der Waals surface area contributed by atoms with Gasteiger partial charge in [-0.25, -0.2) is 13.4 Å². The minimum atomic E-state index is -3.72. The van der Waals surface area contributed by atoms with Crippen molar-refractivity contribution in [2.75, 3.05) is 17.6 Å². The maximum Gasteiger partial charge on any atom is 0.261 e. The van der Waals surface area contributed by atoms with Gasteiger partial charge in [0.15, 0.2) is 0 Å². The summed E-state index contributed by atoms with van der Waals surface area (Å²) in [6.45, 7) is 4.64. The van der Waals surface area contributed by atoms with Crippen molar-refractivity contribution in [2.45, 2.75) is 31.2 Å². The fourth-order valence-electron chi connectivity index (χ4n) is 3.70. The fraction of sp³-hybridized carbons (Fsp3) is 0.192. The molecule has 176 valence electrons. The van der Waals surface area contributed by atoms with Crippen molar-refractivity contribution in [3.63, 3.8) is 0 Å². The van der Waals surface area contributed by atoms with E-state index in [0.717, 1.165) is 22.4 Å². The van der Waals surface area contributed by atoms with E-state index in [0.29, 0.717) is 29.8 Å². The molecule has 0 saturated heterocycles. The van der Waals surface area contributed by atoms with Crippen LogP contribution >= 0.6 is 0 Å². The van der Waals surface area contributed by atoms with Gasteiger partial charge < -0.3 is 15.0 Å². The lowest BCUT2D eigenvalue weighted by atomic mass is 10.0. The van der Waals surface area contributed by atoms with E-state index in [1.165, 1.54) is 0 Å². The summed E-state index contributed by atoms with van der Waals surface area (Å²) in [5.41, 5.74) is 10.1. The van der Waals surface area contributed by atoms with E-state index in [4.69, 9.17) is 10.5 Å². The number of benzene rings is 3. The molecule has 3 aromatic carbocycles. The second kappa shape index (κ2) is 9.61. The first kappa shape index (κ1) is 23.4. The molecular formula is C26H28N4O3S. The van der Waals surface area contributed by atoms with Crippen LogP contribution in [-0.2, 0) is 16.6 Å². The van der Waals surface area contributed by atoms with Crippen LogP contribution < -0.4 is 15.2 Å². The van der Waals surface area contributed by atoms with Gasteiger partial charge in [-0.3, -0.25) is 4.72 Å². The molecule has 0 aliphatic carbocycles. The first-order valence-electron chi connectivity index (χ1n) is 10.9. The van der Waals surface area contributed by atoms with Gasteiger partial charge in [0.1, 0.15) is 5.75 Å². The fourth-order valence-corrected chi connectivity index (χ4v) is 4.75. The summed E-state index contributed by atoms with van der Waals surface area (Å²) >= 11 is 0. The van der Waals surface area contributed by atoms with Crippen molar-refractivity contribution >= 4 is 21.7 Å². The van der Waals surface area contributed by atoms with Gasteiger partial charge in [-0.2, -0.15) is 0 Å². The number of hydrogen-bond donors (Lipinski definition) is 2. The normalized spacial score (nSPS) is 11.5. The van der Waals surface area contributed by atoms with Crippen molar-refractivity contribution in [1.82, 2.24) is 9.55 Å². The standard InChI is InChI=1S/C26H28N4O3S/c1-18(2)19-11-13-23(14-12-19)34(31,32)29-22-9-6-8-20(15-22)24-17-30(26(27)28-24)16-21-7-4-5-10-25(21)33-3/h4-15,17-18,29H,16H2,1-3H3,(H2,27,28). The highest BCUT2D eigenvalue weighted by Crippen LogP contribution is 2.27. The predicted octanol–water partition coefficient (Wildman–Crippen LogP) is 5.11. The average molecular weight is 477 g/mol. The van der Waals surface area contributed by atoms with Crippen LogP contribution in [0.5, 0.6) is 5.75 Å². The highest BCUT2D eigenvalue weighted by molar-refractivity contribution is 7.92. The number of methoxy groups -OCH3 is 1. The number of para-hydroxylation sites is 1. The number of hydrogen-bond acceptors (Lipinski definition) is 5. The largest absolute Gasteiger partial charge is 0.496 e. The molecular weight excluding hydrogens is 448 g/mol. The van der Waals surface area contributed by atoms with Crippen molar-refractivity contribution in [3.8, 4) is 17.0 Å². The summed E-state index contributed by atoms with van der Waals surface area (Å²) in [6, 6.07) is 21.8. The van der Waals surface area contributed by atoms with E-state index in [9.17, 15) is 8.42 Å². The van der Waals surface area contributed by atoms with Crippen molar-refractivity contribution in [1.29, 1.82) is 0 Å². The summed E-state index contributed by atoms with van der Waals surface area (Å²) in [7, 11) is -2.09. The number of imidazole rings is 1. The highest BCUT2D eigenvalue weighted by atomic mass is 32.2. The Morgan fingerprint density at radius 3 is 2.47 bits per heavy atom. The molecule has 1 heterocycles. The number of ether oxygens (including phenoxy) is 1. The number of nitrogen functional groups attached to an aromatic ring is 1. The molecule has 0 spiro atoms. The maximum absolute atomic E-state index is 12.9. The third kappa shape index (κ3) is 5.07. The zero-order chi connectivity index (χ0) is 24.3. The Bertz CT molecular complexity index is 1390. The molecule has 3 N–H and O–H groups in total. The number of aromatic nitrogens is 2. The Labute approximate surface area is 200 Å². The van der Waals surface area contributed by atoms with Crippen molar-refractivity contribution in [3.05, 3.63) is 90.1 Å². The average Bonchev–Trinajstić information content (AvgIpc) is 3.19. The highest BCUT2D eigenvalue weighted by Gasteiger charge is 2.16. The van der Waals surface area contributed by atoms with E-state index < -0.39 is 10.0 Å². The molecule has 4 rings (SSSR count). The van der Waals surface area contributed by atoms with Crippen LogP contribution in [-0.4, -0.2) is 25.1 Å². The molecule has 0 bridgehead atoms. The number of rotatable bonds is 8. The van der Waals surface area contributed by atoms with E-state index in [1.54, 1.807) is 37.4 Å². The minimum absolute atomic E-state index is 0.215. The second-order valence-electron chi connectivity index (χ2n) is 8.33. The van der Waals surface area contributed by atoms with Gasteiger partial charge in [-0.15, -0.1) is 0 Å². The Balaban J connectivity index is 1.56. The molecule has 8 heteroatoms. The van der Waals surface area contributed by atoms with Crippen molar-refractivity contribution < 1.29 is 13.2 Å². The third-order valence-corrected chi connectivity index (χ3v) is 7.01. The number of anilines is 2. The predicted molar refractivity (Wildman–Crippen MR) is 136 cm³/mol. The van der Waals surface area contributed by atoms with E-state index in [2.05, 4.69) is 23.6 Å². The molecule has 0 radical (unpaired) electrons. The molecule has 0 amide bonds. The number of nitrogens with zero attached hydrogens (tertiary/aromatic N) is 2. The van der Waals surface area contributed by atoms with Crippen LogP contribution in [0, 0.1) is 0 Å². The summed E-state index contributed by atoms with van der Waals surface area (Å²) in [5, 5.41) is 0. The zero-order valence-corrected chi connectivity index (χ0v) is 20.2. The number of nitrogens with one attached hydrogen (secondary N) is 1. The SMILES string of the molecule is COc1ccccc1Cn1cc(-c2cccc(NS(=O)(=O)c3ccc(C(C)C)cc3)c2)nc1N.